The maximum atomic E-state index is 12.7. The summed E-state index contributed by atoms with van der Waals surface area (Å²) in [5.41, 5.74) is 2.17. The molecule has 0 saturated carbocycles. The lowest BCUT2D eigenvalue weighted by Gasteiger charge is -2.48. The van der Waals surface area contributed by atoms with Crippen molar-refractivity contribution in [2.75, 3.05) is 32.1 Å². The number of hydrogen-bond donors (Lipinski definition) is 4. The molecule has 1 unspecified atom stereocenters. The summed E-state index contributed by atoms with van der Waals surface area (Å²) in [6, 6.07) is 14.9. The Labute approximate surface area is 235 Å². The van der Waals surface area contributed by atoms with Gasteiger partial charge in [-0.15, -0.1) is 11.6 Å². The first-order valence-electron chi connectivity index (χ1n) is 12.6. The molecular formula is C29H29ClF2N4O4. The summed E-state index contributed by atoms with van der Waals surface area (Å²) >= 11 is 5.97. The highest BCUT2D eigenvalue weighted by atomic mass is 35.5. The molecule has 2 aromatic carbocycles. The van der Waals surface area contributed by atoms with Crippen LogP contribution in [-0.4, -0.2) is 69.5 Å². The van der Waals surface area contributed by atoms with Gasteiger partial charge in [0.2, 0.25) is 11.7 Å². The summed E-state index contributed by atoms with van der Waals surface area (Å²) in [4.78, 5) is 32.8. The van der Waals surface area contributed by atoms with Crippen molar-refractivity contribution in [2.24, 2.45) is 5.41 Å². The number of alkyl halides is 3. The van der Waals surface area contributed by atoms with E-state index in [4.69, 9.17) is 11.6 Å². The molecule has 1 fully saturated rings. The van der Waals surface area contributed by atoms with Crippen molar-refractivity contribution in [1.29, 1.82) is 0 Å². The molecule has 8 nitrogen and oxygen atoms in total. The topological polar surface area (TPSA) is 119 Å². The average molecular weight is 571 g/mol. The Bertz CT molecular complexity index is 1420. The smallest absolute Gasteiger partial charge is 0.293 e. The van der Waals surface area contributed by atoms with E-state index >= 15 is 0 Å². The Balaban J connectivity index is 1.40. The van der Waals surface area contributed by atoms with Gasteiger partial charge >= 0.3 is 0 Å². The van der Waals surface area contributed by atoms with Crippen LogP contribution in [0.3, 0.4) is 0 Å². The highest BCUT2D eigenvalue weighted by molar-refractivity contribution is 6.18. The first-order chi connectivity index (χ1) is 19.2. The van der Waals surface area contributed by atoms with E-state index in [0.29, 0.717) is 11.4 Å². The zero-order valence-corrected chi connectivity index (χ0v) is 22.3. The van der Waals surface area contributed by atoms with Crippen LogP contribution >= 0.6 is 11.6 Å². The fourth-order valence-corrected chi connectivity index (χ4v) is 4.83. The number of aromatic hydroxyl groups is 1. The van der Waals surface area contributed by atoms with E-state index < -0.39 is 36.1 Å². The van der Waals surface area contributed by atoms with Gasteiger partial charge in [-0.3, -0.25) is 14.5 Å². The van der Waals surface area contributed by atoms with E-state index in [9.17, 15) is 28.6 Å². The van der Waals surface area contributed by atoms with E-state index in [1.165, 1.54) is 0 Å². The Hall–Kier alpha value is -3.78. The fourth-order valence-electron chi connectivity index (χ4n) is 4.57. The van der Waals surface area contributed by atoms with Gasteiger partial charge in [0.1, 0.15) is 5.69 Å². The molecule has 2 heterocycles. The fraction of sp³-hybridized carbons (Fsp3) is 0.345. The van der Waals surface area contributed by atoms with E-state index in [1.54, 1.807) is 24.3 Å². The molecule has 0 aliphatic carbocycles. The molecule has 4 rings (SSSR count). The predicted molar refractivity (Wildman–Crippen MR) is 146 cm³/mol. The zero-order chi connectivity index (χ0) is 28.7. The number of aromatic amines is 1. The van der Waals surface area contributed by atoms with Crippen LogP contribution in [0.2, 0.25) is 0 Å². The third-order valence-electron chi connectivity index (χ3n) is 6.78. The van der Waals surface area contributed by atoms with Crippen LogP contribution in [0.5, 0.6) is 5.75 Å². The van der Waals surface area contributed by atoms with Gasteiger partial charge < -0.3 is 20.5 Å². The number of aromatic nitrogens is 2. The molecule has 1 aliphatic rings. The molecule has 4 N–H and O–H groups in total. The number of carbonyl (C=O) groups is 1. The van der Waals surface area contributed by atoms with Crippen molar-refractivity contribution in [3.05, 3.63) is 93.2 Å². The number of benzene rings is 2. The quantitative estimate of drug-likeness (QED) is 0.220. The molecule has 0 spiro atoms. The molecular weight excluding hydrogens is 542 g/mol. The highest BCUT2D eigenvalue weighted by Crippen LogP contribution is 2.32. The van der Waals surface area contributed by atoms with Gasteiger partial charge in [-0.25, -0.2) is 13.8 Å². The molecule has 0 bridgehead atoms. The molecule has 3 aromatic rings. The van der Waals surface area contributed by atoms with Crippen molar-refractivity contribution >= 4 is 17.5 Å². The van der Waals surface area contributed by atoms with Crippen molar-refractivity contribution in [1.82, 2.24) is 20.2 Å². The number of hydrogen-bond acceptors (Lipinski definition) is 6. The van der Waals surface area contributed by atoms with Crippen molar-refractivity contribution in [3.63, 3.8) is 0 Å². The van der Waals surface area contributed by atoms with E-state index in [2.05, 4.69) is 32.0 Å². The van der Waals surface area contributed by atoms with Gasteiger partial charge in [0, 0.05) is 42.1 Å². The second kappa shape index (κ2) is 13.0. The van der Waals surface area contributed by atoms with Gasteiger partial charge in [0.05, 0.1) is 25.4 Å². The predicted octanol–water partition coefficient (Wildman–Crippen LogP) is 2.62. The molecule has 210 valence electrons. The van der Waals surface area contributed by atoms with Crippen molar-refractivity contribution in [2.45, 2.75) is 25.3 Å². The number of nitrogens with one attached hydrogen (secondary N) is 2. The van der Waals surface area contributed by atoms with Gasteiger partial charge in [0.15, 0.2) is 0 Å². The minimum Gasteiger partial charge on any atom is -0.502 e. The molecule has 1 atom stereocenters. The lowest BCUT2D eigenvalue weighted by molar-refractivity contribution is -0.123. The summed E-state index contributed by atoms with van der Waals surface area (Å²) in [7, 11) is 0. The van der Waals surface area contributed by atoms with E-state index in [0.717, 1.165) is 42.7 Å². The zero-order valence-electron chi connectivity index (χ0n) is 21.5. The number of aliphatic hydroxyl groups excluding tert-OH is 1. The Morgan fingerprint density at radius 1 is 1.10 bits per heavy atom. The van der Waals surface area contributed by atoms with E-state index in [1.807, 2.05) is 24.3 Å². The maximum Gasteiger partial charge on any atom is 0.293 e. The average Bonchev–Trinajstić information content (AvgIpc) is 2.94. The summed E-state index contributed by atoms with van der Waals surface area (Å²) < 4.78 is 25.3. The minimum atomic E-state index is -2.75. The summed E-state index contributed by atoms with van der Waals surface area (Å²) in [6.07, 6.45) is -1.68. The number of amides is 1. The normalized spacial score (nSPS) is 15.1. The summed E-state index contributed by atoms with van der Waals surface area (Å²) in [5, 5.41) is 21.8. The van der Waals surface area contributed by atoms with Crippen LogP contribution in [0.1, 0.15) is 33.9 Å². The minimum absolute atomic E-state index is 0.0234. The number of nitrogens with zero attached hydrogens (tertiary/aromatic N) is 2. The standard InChI is InChI=1S/C29H29ClF2N4O4/c30-14-29(17-37)15-36(16-29)13-22-9-5-20(6-10-22)2-1-19-3-7-21(8-4-19)11-23(27(39)33-12-24(31)32)25-26(38)28(40)35-18-34-25/h3-10,18,23-24,37-38H,11-17H2,(H,33,39)(H,34,35,40). The van der Waals surface area contributed by atoms with Crippen LogP contribution in [0.4, 0.5) is 8.78 Å². The van der Waals surface area contributed by atoms with Crippen LogP contribution in [0.25, 0.3) is 0 Å². The number of H-pyrrole nitrogens is 1. The summed E-state index contributed by atoms with van der Waals surface area (Å²) in [5.74, 6) is 4.00. The molecule has 11 heteroatoms. The molecule has 1 aliphatic heterocycles. The van der Waals surface area contributed by atoms with Crippen LogP contribution in [-0.2, 0) is 17.8 Å². The first kappa shape index (κ1) is 29.2. The lowest BCUT2D eigenvalue weighted by atomic mass is 9.82. The Morgan fingerprint density at radius 3 is 2.25 bits per heavy atom. The monoisotopic (exact) mass is 570 g/mol. The number of aliphatic hydroxyl groups is 1. The Morgan fingerprint density at radius 2 is 1.70 bits per heavy atom. The van der Waals surface area contributed by atoms with Crippen molar-refractivity contribution in [3.8, 4) is 17.6 Å². The van der Waals surface area contributed by atoms with Gasteiger partial charge in [0.25, 0.3) is 12.0 Å². The molecule has 1 aromatic heterocycles. The Kier molecular flexibility index (Phi) is 9.53. The molecule has 40 heavy (non-hydrogen) atoms. The van der Waals surface area contributed by atoms with Crippen LogP contribution in [0, 0.1) is 17.3 Å². The lowest BCUT2D eigenvalue weighted by Crippen LogP contribution is -2.58. The molecule has 1 amide bonds. The third-order valence-corrected chi connectivity index (χ3v) is 7.34. The SMILES string of the molecule is O=C(NCC(F)F)C(Cc1ccc(C#Cc2ccc(CN3CC(CO)(CCl)C3)cc2)cc1)c1nc[nH]c(=O)c1O. The third kappa shape index (κ3) is 7.24. The molecule has 0 radical (unpaired) electrons. The van der Waals surface area contributed by atoms with Crippen molar-refractivity contribution < 1.29 is 23.8 Å². The maximum absolute atomic E-state index is 12.7. The second-order valence-corrected chi connectivity index (χ2v) is 10.2. The highest BCUT2D eigenvalue weighted by Gasteiger charge is 2.41. The van der Waals surface area contributed by atoms with Gasteiger partial charge in [-0.1, -0.05) is 36.1 Å². The number of halogens is 3. The van der Waals surface area contributed by atoms with Gasteiger partial charge in [-0.2, -0.15) is 0 Å². The number of carbonyl (C=O) groups excluding carboxylic acids is 1. The van der Waals surface area contributed by atoms with Crippen LogP contribution in [0.15, 0.2) is 59.7 Å². The number of rotatable bonds is 10. The summed E-state index contributed by atoms with van der Waals surface area (Å²) in [6.45, 7) is 1.56. The van der Waals surface area contributed by atoms with Crippen LogP contribution < -0.4 is 10.9 Å². The number of likely N-dealkylation sites (tertiary alicyclic amines) is 1. The second-order valence-electron chi connectivity index (χ2n) is 9.94. The largest absolute Gasteiger partial charge is 0.502 e. The van der Waals surface area contributed by atoms with Gasteiger partial charge in [-0.05, 0) is 41.8 Å². The molecule has 1 saturated heterocycles. The van der Waals surface area contributed by atoms with E-state index in [-0.39, 0.29) is 24.1 Å². The first-order valence-corrected chi connectivity index (χ1v) is 13.2.